The van der Waals surface area contributed by atoms with Gasteiger partial charge in [-0.15, -0.1) is 0 Å². The van der Waals surface area contributed by atoms with Gasteiger partial charge >= 0.3 is 0 Å². The van der Waals surface area contributed by atoms with Gasteiger partial charge in [-0.25, -0.2) is 8.42 Å². The number of sulfonamides is 1. The molecule has 0 saturated heterocycles. The summed E-state index contributed by atoms with van der Waals surface area (Å²) < 4.78 is 26.8. The molecule has 0 spiro atoms. The lowest BCUT2D eigenvalue weighted by Crippen LogP contribution is -2.08. The first-order chi connectivity index (χ1) is 8.15. The molecule has 0 bridgehead atoms. The van der Waals surface area contributed by atoms with Gasteiger partial charge in [0.1, 0.15) is 0 Å². The van der Waals surface area contributed by atoms with E-state index in [4.69, 9.17) is 0 Å². The van der Waals surface area contributed by atoms with Crippen LogP contribution in [-0.2, 0) is 10.0 Å². The van der Waals surface area contributed by atoms with Crippen LogP contribution in [0.1, 0.15) is 0 Å². The maximum absolute atomic E-state index is 11.8. The summed E-state index contributed by atoms with van der Waals surface area (Å²) in [7, 11) is -3.64. The predicted octanol–water partition coefficient (Wildman–Crippen LogP) is 2.96. The zero-order chi connectivity index (χ0) is 12.3. The minimum absolute atomic E-state index is 0.197. The molecule has 0 aliphatic carbocycles. The van der Waals surface area contributed by atoms with Crippen molar-refractivity contribution in [2.45, 2.75) is 4.90 Å². The van der Waals surface area contributed by atoms with E-state index in [-0.39, 0.29) is 4.90 Å². The van der Waals surface area contributed by atoms with Crippen molar-refractivity contribution in [3.63, 3.8) is 0 Å². The molecule has 2 rings (SSSR count). The third kappa shape index (κ3) is 2.57. The molecule has 0 atom stereocenters. The van der Waals surface area contributed by atoms with Gasteiger partial charge in [-0.2, -0.15) is 0 Å². The van der Waals surface area contributed by atoms with E-state index < -0.39 is 10.0 Å². The van der Waals surface area contributed by atoms with Gasteiger partial charge in [-0.05, 0) is 15.4 Å². The Hall–Kier alpha value is -1.17. The van der Waals surface area contributed by atoms with E-state index in [0.717, 1.165) is 5.56 Å². The summed E-state index contributed by atoms with van der Waals surface area (Å²) in [6.07, 6.45) is 0. The molecule has 1 radical (unpaired) electrons. The van der Waals surface area contributed by atoms with Crippen LogP contribution < -0.4 is 3.75 Å². The monoisotopic (exact) mass is 310 g/mol. The molecule has 87 valence electrons. The van der Waals surface area contributed by atoms with Crippen molar-refractivity contribution in [3.8, 4) is 11.1 Å². The molecule has 0 aliphatic heterocycles. The second kappa shape index (κ2) is 5.00. The first kappa shape index (κ1) is 12.3. The predicted molar refractivity (Wildman–Crippen MR) is 70.1 cm³/mol. The van der Waals surface area contributed by atoms with Gasteiger partial charge < -0.3 is 0 Å². The molecule has 0 saturated carbocycles. The summed E-state index contributed by atoms with van der Waals surface area (Å²) in [4.78, 5) is 0.197. The second-order valence-electron chi connectivity index (χ2n) is 3.41. The van der Waals surface area contributed by atoms with Crippen LogP contribution >= 0.6 is 16.1 Å². The average molecular weight is 311 g/mol. The van der Waals surface area contributed by atoms with Crippen molar-refractivity contribution >= 4 is 26.2 Å². The Morgan fingerprint density at radius 3 is 2.12 bits per heavy atom. The fourth-order valence-corrected chi connectivity index (χ4v) is 2.84. The van der Waals surface area contributed by atoms with E-state index >= 15 is 0 Å². The molecule has 2 aromatic rings. The number of rotatable bonds is 3. The summed E-state index contributed by atoms with van der Waals surface area (Å²) in [6.45, 7) is 0. The lowest BCUT2D eigenvalue weighted by atomic mass is 10.1. The van der Waals surface area contributed by atoms with Gasteiger partial charge in [0.05, 0.1) is 4.90 Å². The highest BCUT2D eigenvalue weighted by Gasteiger charge is 2.18. The third-order valence-corrected chi connectivity index (χ3v) is 4.58. The van der Waals surface area contributed by atoms with Crippen molar-refractivity contribution in [2.75, 3.05) is 0 Å². The van der Waals surface area contributed by atoms with Gasteiger partial charge in [0, 0.05) is 21.7 Å². The Morgan fingerprint density at radius 2 is 1.47 bits per heavy atom. The Morgan fingerprint density at radius 1 is 0.882 bits per heavy atom. The number of hydrogen-bond donors (Lipinski definition) is 0. The van der Waals surface area contributed by atoms with E-state index in [0.29, 0.717) is 5.56 Å². The van der Waals surface area contributed by atoms with Crippen LogP contribution in [0.15, 0.2) is 59.5 Å². The highest BCUT2D eigenvalue weighted by atomic mass is 79.9. The lowest BCUT2D eigenvalue weighted by Gasteiger charge is -2.07. The molecule has 3 nitrogen and oxygen atoms in total. The lowest BCUT2D eigenvalue weighted by molar-refractivity contribution is 0.595. The van der Waals surface area contributed by atoms with Crippen LogP contribution in [0.4, 0.5) is 0 Å². The van der Waals surface area contributed by atoms with Gasteiger partial charge in [0.15, 0.2) is 0 Å². The van der Waals surface area contributed by atoms with E-state index in [1.54, 1.807) is 24.3 Å². The molecule has 0 aromatic heterocycles. The largest absolute Gasteiger partial charge is 0.268 e. The van der Waals surface area contributed by atoms with Gasteiger partial charge in [0.25, 0.3) is 10.0 Å². The van der Waals surface area contributed by atoms with E-state index in [1.807, 2.05) is 30.3 Å². The van der Waals surface area contributed by atoms with Gasteiger partial charge in [-0.1, -0.05) is 48.5 Å². The zero-order valence-corrected chi connectivity index (χ0v) is 11.1. The van der Waals surface area contributed by atoms with E-state index in [1.165, 1.54) is 0 Å². The van der Waals surface area contributed by atoms with Gasteiger partial charge in [0.2, 0.25) is 0 Å². The smallest absolute Gasteiger partial charge is 0.205 e. The second-order valence-corrected chi connectivity index (χ2v) is 5.80. The fourth-order valence-electron chi connectivity index (χ4n) is 1.58. The number of nitrogens with zero attached hydrogens (tertiary/aromatic N) is 1. The summed E-state index contributed by atoms with van der Waals surface area (Å²) >= 11 is 2.65. The van der Waals surface area contributed by atoms with Crippen LogP contribution in [0.25, 0.3) is 11.1 Å². The molecule has 5 heteroatoms. The number of benzene rings is 2. The zero-order valence-electron chi connectivity index (χ0n) is 8.75. The Labute approximate surface area is 109 Å². The van der Waals surface area contributed by atoms with E-state index in [2.05, 4.69) is 19.9 Å². The topological polar surface area (TPSA) is 48.2 Å². The van der Waals surface area contributed by atoms with Crippen LogP contribution in [0.3, 0.4) is 0 Å². The summed E-state index contributed by atoms with van der Waals surface area (Å²) in [6, 6.07) is 16.1. The molecule has 0 aliphatic rings. The standard InChI is InChI=1S/C12H9BrNO2S/c13-14-17(15,16)12-9-5-4-8-11(12)10-6-2-1-3-7-10/h1-9H. The van der Waals surface area contributed by atoms with Crippen molar-refractivity contribution in [1.82, 2.24) is 3.75 Å². The first-order valence-electron chi connectivity index (χ1n) is 4.88. The molecule has 0 amide bonds. The van der Waals surface area contributed by atoms with Gasteiger partial charge in [-0.3, -0.25) is 0 Å². The summed E-state index contributed by atoms with van der Waals surface area (Å²) in [5.74, 6) is 0. The highest BCUT2D eigenvalue weighted by Crippen LogP contribution is 2.27. The minimum Gasteiger partial charge on any atom is -0.205 e. The maximum atomic E-state index is 11.8. The Kier molecular flexibility index (Phi) is 3.61. The third-order valence-electron chi connectivity index (χ3n) is 2.34. The summed E-state index contributed by atoms with van der Waals surface area (Å²) in [5.41, 5.74) is 1.50. The Balaban J connectivity index is 2.65. The molecular weight excluding hydrogens is 302 g/mol. The van der Waals surface area contributed by atoms with Crippen LogP contribution in [0.2, 0.25) is 0 Å². The molecule has 0 fully saturated rings. The molecule has 0 heterocycles. The normalized spacial score (nSPS) is 11.4. The van der Waals surface area contributed by atoms with Crippen molar-refractivity contribution < 1.29 is 8.42 Å². The minimum atomic E-state index is -3.64. The maximum Gasteiger partial charge on any atom is 0.268 e. The highest BCUT2D eigenvalue weighted by molar-refractivity contribution is 9.09. The molecule has 0 N–H and O–H groups in total. The quantitative estimate of drug-likeness (QED) is 0.875. The molecular formula is C12H9BrNO2S. The van der Waals surface area contributed by atoms with Crippen molar-refractivity contribution in [1.29, 1.82) is 0 Å². The van der Waals surface area contributed by atoms with Crippen LogP contribution in [0, 0.1) is 0 Å². The molecule has 0 unspecified atom stereocenters. The molecule has 2 aromatic carbocycles. The summed E-state index contributed by atoms with van der Waals surface area (Å²) in [5, 5.41) is 0. The molecule has 17 heavy (non-hydrogen) atoms. The number of halogens is 1. The SMILES string of the molecule is O=S(=O)([N]Br)c1ccccc1-c1ccccc1. The van der Waals surface area contributed by atoms with Crippen molar-refractivity contribution in [3.05, 3.63) is 54.6 Å². The van der Waals surface area contributed by atoms with Crippen molar-refractivity contribution in [2.24, 2.45) is 0 Å². The van der Waals surface area contributed by atoms with Crippen LogP contribution in [-0.4, -0.2) is 8.42 Å². The van der Waals surface area contributed by atoms with Crippen LogP contribution in [0.5, 0.6) is 0 Å². The Bertz CT molecular complexity index is 611. The number of hydrogen-bond acceptors (Lipinski definition) is 2. The fraction of sp³-hybridized carbons (Fsp3) is 0. The van der Waals surface area contributed by atoms with E-state index in [9.17, 15) is 8.42 Å². The average Bonchev–Trinajstić information content (AvgIpc) is 2.40. The first-order valence-corrected chi connectivity index (χ1v) is 7.03.